The zero-order valence-electron chi connectivity index (χ0n) is 18.8. The molecule has 5 rings (SSSR count). The highest BCUT2D eigenvalue weighted by molar-refractivity contribution is 5.98. The van der Waals surface area contributed by atoms with Crippen LogP contribution >= 0.6 is 0 Å². The van der Waals surface area contributed by atoms with Crippen molar-refractivity contribution in [2.45, 2.75) is 23.9 Å². The lowest BCUT2D eigenvalue weighted by Gasteiger charge is -2.29. The maximum atomic E-state index is 13.1. The number of carbonyl (C=O) groups is 4. The van der Waals surface area contributed by atoms with Crippen molar-refractivity contribution in [3.8, 4) is 11.1 Å². The van der Waals surface area contributed by atoms with Gasteiger partial charge in [-0.1, -0.05) is 48.5 Å². The Bertz CT molecular complexity index is 1150. The van der Waals surface area contributed by atoms with E-state index in [0.717, 1.165) is 22.3 Å². The number of rotatable bonds is 6. The summed E-state index contributed by atoms with van der Waals surface area (Å²) in [6.07, 6.45) is -0.632. The van der Waals surface area contributed by atoms with Gasteiger partial charge in [-0.15, -0.1) is 0 Å². The molecular formula is C25H25N3O7. The van der Waals surface area contributed by atoms with Crippen molar-refractivity contribution < 1.29 is 33.8 Å². The Kier molecular flexibility index (Phi) is 5.89. The van der Waals surface area contributed by atoms with Gasteiger partial charge in [0.05, 0.1) is 6.61 Å². The number of carbonyl (C=O) groups excluding carboxylic acids is 3. The molecule has 2 aromatic carbocycles. The summed E-state index contributed by atoms with van der Waals surface area (Å²) in [6.45, 7) is 0.0956. The zero-order valence-corrected chi connectivity index (χ0v) is 18.8. The standard InChI is InChI=1S/C25H25N3O7/c29-21-20(18(11-26-21)22(30)31)27-23(32)25(9-10-34-13-25)28-24(33)35-12-19-16-7-3-1-5-14(16)15-6-2-4-8-17(15)19/h1-8,18-20H,9-13H2,(H,26,29)(H,27,32)(H,28,33)(H,30,31). The van der Waals surface area contributed by atoms with E-state index in [4.69, 9.17) is 9.47 Å². The molecule has 3 aliphatic rings. The summed E-state index contributed by atoms with van der Waals surface area (Å²) in [5, 5.41) is 16.9. The van der Waals surface area contributed by atoms with E-state index in [9.17, 15) is 24.3 Å². The van der Waals surface area contributed by atoms with Gasteiger partial charge < -0.3 is 30.5 Å². The van der Waals surface area contributed by atoms with Crippen molar-refractivity contribution in [1.29, 1.82) is 0 Å². The zero-order chi connectivity index (χ0) is 24.6. The molecular weight excluding hydrogens is 454 g/mol. The number of hydrogen-bond donors (Lipinski definition) is 4. The largest absolute Gasteiger partial charge is 0.481 e. The quantitative estimate of drug-likeness (QED) is 0.484. The van der Waals surface area contributed by atoms with Gasteiger partial charge in [0.25, 0.3) is 0 Å². The maximum absolute atomic E-state index is 13.1. The van der Waals surface area contributed by atoms with Crippen LogP contribution in [0.25, 0.3) is 11.1 Å². The summed E-state index contributed by atoms with van der Waals surface area (Å²) in [6, 6.07) is 14.7. The Morgan fingerprint density at radius 3 is 2.34 bits per heavy atom. The molecule has 2 aromatic rings. The molecule has 3 unspecified atom stereocenters. The third-order valence-corrected chi connectivity index (χ3v) is 6.93. The van der Waals surface area contributed by atoms with Gasteiger partial charge in [-0.25, -0.2) is 4.79 Å². The lowest BCUT2D eigenvalue weighted by Crippen LogP contribution is -2.62. The number of hydrogen-bond acceptors (Lipinski definition) is 6. The Morgan fingerprint density at radius 1 is 1.09 bits per heavy atom. The predicted octanol–water partition coefficient (Wildman–Crippen LogP) is 1.000. The molecule has 3 atom stereocenters. The molecule has 1 aliphatic carbocycles. The van der Waals surface area contributed by atoms with Crippen LogP contribution in [0, 0.1) is 5.92 Å². The van der Waals surface area contributed by atoms with Gasteiger partial charge in [-0.05, 0) is 22.3 Å². The highest BCUT2D eigenvalue weighted by Gasteiger charge is 2.48. The number of ether oxygens (including phenoxy) is 2. The minimum Gasteiger partial charge on any atom is -0.481 e. The van der Waals surface area contributed by atoms with Crippen LogP contribution in [-0.2, 0) is 23.9 Å². The number of aliphatic carboxylic acids is 1. The molecule has 35 heavy (non-hydrogen) atoms. The van der Waals surface area contributed by atoms with E-state index in [1.165, 1.54) is 0 Å². The van der Waals surface area contributed by atoms with Crippen molar-refractivity contribution >= 4 is 23.9 Å². The number of carboxylic acids is 1. The van der Waals surface area contributed by atoms with Crippen LogP contribution in [0.1, 0.15) is 23.5 Å². The Morgan fingerprint density at radius 2 is 1.74 bits per heavy atom. The lowest BCUT2D eigenvalue weighted by atomic mass is 9.95. The lowest BCUT2D eigenvalue weighted by molar-refractivity contribution is -0.143. The first kappa shape index (κ1) is 22.9. The van der Waals surface area contributed by atoms with E-state index in [2.05, 4.69) is 16.0 Å². The van der Waals surface area contributed by atoms with Crippen molar-refractivity contribution in [3.05, 3.63) is 59.7 Å². The van der Waals surface area contributed by atoms with Gasteiger partial charge in [0, 0.05) is 25.5 Å². The molecule has 2 saturated heterocycles. The second-order valence-electron chi connectivity index (χ2n) is 8.98. The second-order valence-corrected chi connectivity index (χ2v) is 8.98. The van der Waals surface area contributed by atoms with Crippen LogP contribution in [0.15, 0.2) is 48.5 Å². The van der Waals surface area contributed by atoms with Crippen molar-refractivity contribution in [1.82, 2.24) is 16.0 Å². The van der Waals surface area contributed by atoms with E-state index in [1.807, 2.05) is 48.5 Å². The summed E-state index contributed by atoms with van der Waals surface area (Å²) in [7, 11) is 0. The molecule has 2 heterocycles. The SMILES string of the molecule is O=C(NC1(C(=O)NC2C(=O)NCC2C(=O)O)CCOC1)OCC1c2ccccc2-c2ccccc21. The smallest absolute Gasteiger partial charge is 0.408 e. The van der Waals surface area contributed by atoms with Crippen molar-refractivity contribution in [3.63, 3.8) is 0 Å². The topological polar surface area (TPSA) is 143 Å². The van der Waals surface area contributed by atoms with E-state index >= 15 is 0 Å². The summed E-state index contributed by atoms with van der Waals surface area (Å²) >= 11 is 0. The number of fused-ring (bicyclic) bond motifs is 3. The fraction of sp³-hybridized carbons (Fsp3) is 0.360. The molecule has 2 fully saturated rings. The molecule has 0 spiro atoms. The molecule has 10 nitrogen and oxygen atoms in total. The van der Waals surface area contributed by atoms with Crippen LogP contribution in [0.5, 0.6) is 0 Å². The monoisotopic (exact) mass is 479 g/mol. The molecule has 0 aromatic heterocycles. The van der Waals surface area contributed by atoms with Gasteiger partial charge in [0.15, 0.2) is 0 Å². The van der Waals surface area contributed by atoms with Gasteiger partial charge in [-0.2, -0.15) is 0 Å². The first-order valence-electron chi connectivity index (χ1n) is 11.4. The summed E-state index contributed by atoms with van der Waals surface area (Å²) in [5.41, 5.74) is 2.85. The number of benzene rings is 2. The number of amides is 3. The summed E-state index contributed by atoms with van der Waals surface area (Å²) < 4.78 is 10.9. The first-order chi connectivity index (χ1) is 16.9. The third kappa shape index (κ3) is 4.10. The maximum Gasteiger partial charge on any atom is 0.408 e. The summed E-state index contributed by atoms with van der Waals surface area (Å²) in [5.74, 6) is -3.70. The first-order valence-corrected chi connectivity index (χ1v) is 11.4. The molecule has 4 N–H and O–H groups in total. The minimum atomic E-state index is -1.46. The predicted molar refractivity (Wildman–Crippen MR) is 122 cm³/mol. The number of carboxylic acid groups (broad SMARTS) is 1. The minimum absolute atomic E-state index is 0.0739. The Hall–Kier alpha value is -3.92. The van der Waals surface area contributed by atoms with Crippen molar-refractivity contribution in [2.24, 2.45) is 5.92 Å². The second kappa shape index (κ2) is 9.03. The number of alkyl carbamates (subject to hydrolysis) is 1. The molecule has 0 saturated carbocycles. The van der Waals surface area contributed by atoms with Gasteiger partial charge in [-0.3, -0.25) is 14.4 Å². The molecule has 0 radical (unpaired) electrons. The fourth-order valence-corrected chi connectivity index (χ4v) is 5.03. The van der Waals surface area contributed by atoms with Crippen LogP contribution in [0.4, 0.5) is 4.79 Å². The van der Waals surface area contributed by atoms with Gasteiger partial charge in [0.2, 0.25) is 11.8 Å². The van der Waals surface area contributed by atoms with Crippen LogP contribution < -0.4 is 16.0 Å². The summed E-state index contributed by atoms with van der Waals surface area (Å²) in [4.78, 5) is 49.5. The van der Waals surface area contributed by atoms with Gasteiger partial charge in [0.1, 0.15) is 24.1 Å². The highest BCUT2D eigenvalue weighted by Crippen LogP contribution is 2.44. The molecule has 10 heteroatoms. The van der Waals surface area contributed by atoms with E-state index in [1.54, 1.807) is 0 Å². The van der Waals surface area contributed by atoms with Crippen molar-refractivity contribution in [2.75, 3.05) is 26.4 Å². The Balaban J connectivity index is 1.27. The van der Waals surface area contributed by atoms with E-state index < -0.39 is 41.4 Å². The highest BCUT2D eigenvalue weighted by atomic mass is 16.6. The molecule has 0 bridgehead atoms. The van der Waals surface area contributed by atoms with Gasteiger partial charge >= 0.3 is 12.1 Å². The molecule has 182 valence electrons. The van der Waals surface area contributed by atoms with Crippen LogP contribution in [0.2, 0.25) is 0 Å². The third-order valence-electron chi connectivity index (χ3n) is 6.93. The average Bonchev–Trinajstić information content (AvgIpc) is 3.55. The van der Waals surface area contributed by atoms with Crippen LogP contribution in [-0.4, -0.2) is 66.9 Å². The van der Waals surface area contributed by atoms with Crippen LogP contribution in [0.3, 0.4) is 0 Å². The molecule has 2 aliphatic heterocycles. The number of nitrogens with one attached hydrogen (secondary N) is 3. The van der Waals surface area contributed by atoms with E-state index in [-0.39, 0.29) is 38.7 Å². The average molecular weight is 479 g/mol. The fourth-order valence-electron chi connectivity index (χ4n) is 5.03. The van der Waals surface area contributed by atoms with E-state index in [0.29, 0.717) is 0 Å². The Labute approximate surface area is 201 Å². The molecule has 3 amide bonds. The normalized spacial score (nSPS) is 24.9.